The first-order valence-corrected chi connectivity index (χ1v) is 4.83. The Hall–Kier alpha value is -0.860. The summed E-state index contributed by atoms with van der Waals surface area (Å²) in [5, 5.41) is 0. The van der Waals surface area contributed by atoms with Crippen LogP contribution in [0.4, 0.5) is 0 Å². The zero-order valence-electron chi connectivity index (χ0n) is 7.79. The molecule has 0 radical (unpaired) electrons. The van der Waals surface area contributed by atoms with E-state index < -0.39 is 0 Å². The fourth-order valence-electron chi connectivity index (χ4n) is 2.64. The second-order valence-electron chi connectivity index (χ2n) is 4.07. The van der Waals surface area contributed by atoms with Gasteiger partial charge in [0.15, 0.2) is 0 Å². The molecule has 0 amide bonds. The highest BCUT2D eigenvalue weighted by Gasteiger charge is 2.44. The van der Waals surface area contributed by atoms with Crippen molar-refractivity contribution in [2.75, 3.05) is 7.11 Å². The summed E-state index contributed by atoms with van der Waals surface area (Å²) in [5.41, 5.74) is 0. The number of hydrogen-bond acceptors (Lipinski definition) is 3. The smallest absolute Gasteiger partial charge is 0.308 e. The second-order valence-corrected chi connectivity index (χ2v) is 4.07. The van der Waals surface area contributed by atoms with Gasteiger partial charge in [-0.25, -0.2) is 0 Å². The number of esters is 1. The summed E-state index contributed by atoms with van der Waals surface area (Å²) >= 11 is 0. The molecule has 0 aromatic carbocycles. The molecule has 3 atom stereocenters. The number of ketones is 1. The van der Waals surface area contributed by atoms with E-state index in [2.05, 4.69) is 0 Å². The molecule has 0 aromatic heterocycles. The third-order valence-electron chi connectivity index (χ3n) is 3.42. The number of fused-ring (bicyclic) bond motifs is 3. The topological polar surface area (TPSA) is 43.4 Å². The molecule has 13 heavy (non-hydrogen) atoms. The van der Waals surface area contributed by atoms with Crippen LogP contribution in [0.1, 0.15) is 25.7 Å². The zero-order valence-corrected chi connectivity index (χ0v) is 7.79. The van der Waals surface area contributed by atoms with E-state index in [0.717, 1.165) is 19.3 Å². The van der Waals surface area contributed by atoms with E-state index in [9.17, 15) is 9.59 Å². The van der Waals surface area contributed by atoms with Gasteiger partial charge in [-0.15, -0.1) is 0 Å². The van der Waals surface area contributed by atoms with Gasteiger partial charge in [0.25, 0.3) is 0 Å². The Morgan fingerprint density at radius 1 is 1.46 bits per heavy atom. The van der Waals surface area contributed by atoms with Gasteiger partial charge in [-0.2, -0.15) is 0 Å². The van der Waals surface area contributed by atoms with Gasteiger partial charge in [0.05, 0.1) is 13.0 Å². The summed E-state index contributed by atoms with van der Waals surface area (Å²) in [4.78, 5) is 22.7. The molecule has 3 fully saturated rings. The van der Waals surface area contributed by atoms with Gasteiger partial charge in [0.1, 0.15) is 5.78 Å². The Kier molecular flexibility index (Phi) is 2.10. The normalized spacial score (nSPS) is 37.6. The summed E-state index contributed by atoms with van der Waals surface area (Å²) in [5.74, 6) is 0.652. The lowest BCUT2D eigenvalue weighted by atomic mass is 9.64. The van der Waals surface area contributed by atoms with Crippen LogP contribution in [0.25, 0.3) is 0 Å². The van der Waals surface area contributed by atoms with Crippen molar-refractivity contribution in [1.29, 1.82) is 0 Å². The molecule has 0 aliphatic heterocycles. The van der Waals surface area contributed by atoms with Crippen molar-refractivity contribution >= 4 is 11.8 Å². The van der Waals surface area contributed by atoms with Crippen LogP contribution in [0.2, 0.25) is 0 Å². The van der Waals surface area contributed by atoms with Gasteiger partial charge in [-0.05, 0) is 25.2 Å². The molecule has 3 rings (SSSR count). The number of rotatable bonds is 1. The van der Waals surface area contributed by atoms with Crippen molar-refractivity contribution in [2.24, 2.45) is 17.8 Å². The lowest BCUT2D eigenvalue weighted by molar-refractivity contribution is -0.153. The number of carbonyl (C=O) groups is 2. The molecule has 2 bridgehead atoms. The maximum absolute atomic E-state index is 11.4. The number of hydrogen-bond donors (Lipinski definition) is 0. The fraction of sp³-hybridized carbons (Fsp3) is 0.800. The molecule has 0 N–H and O–H groups in total. The van der Waals surface area contributed by atoms with E-state index in [1.165, 1.54) is 7.11 Å². The van der Waals surface area contributed by atoms with Gasteiger partial charge in [-0.3, -0.25) is 9.59 Å². The minimum Gasteiger partial charge on any atom is -0.469 e. The van der Waals surface area contributed by atoms with Crippen LogP contribution in [0.15, 0.2) is 0 Å². The molecule has 3 nitrogen and oxygen atoms in total. The first-order chi connectivity index (χ1) is 6.22. The maximum atomic E-state index is 11.4. The van der Waals surface area contributed by atoms with E-state index in [0.29, 0.717) is 12.2 Å². The van der Waals surface area contributed by atoms with Gasteiger partial charge in [-0.1, -0.05) is 0 Å². The highest BCUT2D eigenvalue weighted by atomic mass is 16.5. The minimum atomic E-state index is -0.123. The van der Waals surface area contributed by atoms with Crippen molar-refractivity contribution in [3.8, 4) is 0 Å². The lowest BCUT2D eigenvalue weighted by Crippen LogP contribution is -2.41. The van der Waals surface area contributed by atoms with Gasteiger partial charge in [0.2, 0.25) is 0 Å². The Morgan fingerprint density at radius 2 is 2.23 bits per heavy atom. The van der Waals surface area contributed by atoms with Crippen molar-refractivity contribution in [1.82, 2.24) is 0 Å². The molecular weight excluding hydrogens is 168 g/mol. The van der Waals surface area contributed by atoms with Crippen LogP contribution in [0, 0.1) is 17.8 Å². The van der Waals surface area contributed by atoms with Crippen LogP contribution in [0.3, 0.4) is 0 Å². The SMILES string of the molecule is COC(=O)[C@H]1C[C@H]2CC[C@H]1CC2=O. The highest BCUT2D eigenvalue weighted by molar-refractivity contribution is 5.86. The standard InChI is InChI=1S/C10H14O3/c1-13-10(12)8-4-7-3-2-6(8)5-9(7)11/h6-8H,2-5H2,1H3/t6-,7+,8-/m0/s1. The van der Waals surface area contributed by atoms with Crippen LogP contribution in [-0.4, -0.2) is 18.9 Å². The molecular formula is C10H14O3. The number of methoxy groups -OCH3 is 1. The molecule has 0 saturated heterocycles. The van der Waals surface area contributed by atoms with Crippen molar-refractivity contribution in [3.05, 3.63) is 0 Å². The monoisotopic (exact) mass is 182 g/mol. The van der Waals surface area contributed by atoms with Crippen molar-refractivity contribution in [2.45, 2.75) is 25.7 Å². The van der Waals surface area contributed by atoms with Gasteiger partial charge >= 0.3 is 5.97 Å². The molecule has 0 unspecified atom stereocenters. The molecule has 3 heteroatoms. The van der Waals surface area contributed by atoms with Crippen LogP contribution >= 0.6 is 0 Å². The summed E-state index contributed by atoms with van der Waals surface area (Å²) in [6.45, 7) is 0. The summed E-state index contributed by atoms with van der Waals surface area (Å²) < 4.78 is 4.73. The fourth-order valence-corrected chi connectivity index (χ4v) is 2.64. The highest BCUT2D eigenvalue weighted by Crippen LogP contribution is 2.43. The van der Waals surface area contributed by atoms with Gasteiger partial charge < -0.3 is 4.74 Å². The maximum Gasteiger partial charge on any atom is 0.308 e. The Labute approximate surface area is 77.4 Å². The molecule has 3 saturated carbocycles. The predicted octanol–water partition coefficient (Wildman–Crippen LogP) is 1.16. The molecule has 0 heterocycles. The molecule has 3 aliphatic rings. The Bertz CT molecular complexity index is 247. The minimum absolute atomic E-state index is 0.00134. The van der Waals surface area contributed by atoms with Crippen molar-refractivity contribution in [3.63, 3.8) is 0 Å². The first kappa shape index (κ1) is 8.73. The lowest BCUT2D eigenvalue weighted by Gasteiger charge is -2.39. The largest absolute Gasteiger partial charge is 0.469 e. The van der Waals surface area contributed by atoms with Crippen LogP contribution in [-0.2, 0) is 14.3 Å². The Balaban J connectivity index is 2.10. The molecule has 3 aliphatic carbocycles. The third kappa shape index (κ3) is 1.36. The van der Waals surface area contributed by atoms with E-state index in [4.69, 9.17) is 4.74 Å². The van der Waals surface area contributed by atoms with E-state index >= 15 is 0 Å². The number of Topliss-reactive ketones (excluding diaryl/α,β-unsaturated/α-hetero) is 1. The number of ether oxygens (including phenoxy) is 1. The summed E-state index contributed by atoms with van der Waals surface area (Å²) in [6, 6.07) is 0. The van der Waals surface area contributed by atoms with Crippen LogP contribution in [0.5, 0.6) is 0 Å². The summed E-state index contributed by atoms with van der Waals surface area (Å²) in [6.07, 6.45) is 3.34. The average molecular weight is 182 g/mol. The van der Waals surface area contributed by atoms with Crippen LogP contribution < -0.4 is 0 Å². The second kappa shape index (κ2) is 3.13. The Morgan fingerprint density at radius 3 is 2.69 bits per heavy atom. The quantitative estimate of drug-likeness (QED) is 0.571. The first-order valence-electron chi connectivity index (χ1n) is 4.83. The third-order valence-corrected chi connectivity index (χ3v) is 3.42. The van der Waals surface area contributed by atoms with E-state index in [1.54, 1.807) is 0 Å². The molecule has 0 spiro atoms. The predicted molar refractivity (Wildman–Crippen MR) is 46.0 cm³/mol. The van der Waals surface area contributed by atoms with E-state index in [-0.39, 0.29) is 23.7 Å². The summed E-state index contributed by atoms with van der Waals surface area (Å²) in [7, 11) is 1.42. The average Bonchev–Trinajstić information content (AvgIpc) is 2.17. The molecule has 72 valence electrons. The number of carbonyl (C=O) groups excluding carboxylic acids is 2. The van der Waals surface area contributed by atoms with Crippen molar-refractivity contribution < 1.29 is 14.3 Å². The zero-order chi connectivity index (χ0) is 9.42. The van der Waals surface area contributed by atoms with Gasteiger partial charge in [0, 0.05) is 12.3 Å². The molecule has 0 aromatic rings. The van der Waals surface area contributed by atoms with E-state index in [1.807, 2.05) is 0 Å².